The van der Waals surface area contributed by atoms with Gasteiger partial charge >= 0.3 is 0 Å². The molecule has 6 nitrogen and oxygen atoms in total. The van der Waals surface area contributed by atoms with E-state index in [0.717, 1.165) is 25.1 Å². The fourth-order valence-corrected chi connectivity index (χ4v) is 3.45. The first-order chi connectivity index (χ1) is 11.2. The first-order valence-electron chi connectivity index (χ1n) is 7.60. The second-order valence-electron chi connectivity index (χ2n) is 5.79. The third-order valence-electron chi connectivity index (χ3n) is 4.34. The number of hydrogen-bond donors (Lipinski definition) is 1. The van der Waals surface area contributed by atoms with E-state index >= 15 is 0 Å². The molecule has 2 aliphatic heterocycles. The summed E-state index contributed by atoms with van der Waals surface area (Å²) in [6.45, 7) is 1.56. The van der Waals surface area contributed by atoms with Gasteiger partial charge in [-0.3, -0.25) is 9.89 Å². The van der Waals surface area contributed by atoms with Crippen LogP contribution in [0.15, 0.2) is 24.4 Å². The molecule has 0 radical (unpaired) electrons. The van der Waals surface area contributed by atoms with E-state index in [4.69, 9.17) is 21.1 Å². The van der Waals surface area contributed by atoms with Crippen LogP contribution in [0.1, 0.15) is 34.8 Å². The van der Waals surface area contributed by atoms with Gasteiger partial charge in [0.15, 0.2) is 11.5 Å². The molecule has 1 atom stereocenters. The highest BCUT2D eigenvalue weighted by molar-refractivity contribution is 6.32. The number of fused-ring (bicyclic) bond motifs is 1. The van der Waals surface area contributed by atoms with Crippen molar-refractivity contribution in [2.24, 2.45) is 0 Å². The summed E-state index contributed by atoms with van der Waals surface area (Å²) in [6.07, 6.45) is 3.76. The van der Waals surface area contributed by atoms with Crippen molar-refractivity contribution in [1.82, 2.24) is 15.1 Å². The number of aromatic nitrogens is 2. The maximum Gasteiger partial charge on any atom is 0.254 e. The number of piperidine rings is 1. The summed E-state index contributed by atoms with van der Waals surface area (Å²) in [7, 11) is 0. The Labute approximate surface area is 138 Å². The van der Waals surface area contributed by atoms with Gasteiger partial charge in [0.05, 0.1) is 5.02 Å². The van der Waals surface area contributed by atoms with Crippen LogP contribution in [0.4, 0.5) is 0 Å². The molecule has 1 fully saturated rings. The lowest BCUT2D eigenvalue weighted by molar-refractivity contribution is 0.0705. The first kappa shape index (κ1) is 14.4. The topological polar surface area (TPSA) is 67.5 Å². The van der Waals surface area contributed by atoms with E-state index in [0.29, 0.717) is 34.5 Å². The van der Waals surface area contributed by atoms with Gasteiger partial charge in [-0.2, -0.15) is 5.10 Å². The van der Waals surface area contributed by atoms with Crippen LogP contribution in [0.3, 0.4) is 0 Å². The second kappa shape index (κ2) is 5.77. The van der Waals surface area contributed by atoms with Crippen molar-refractivity contribution in [3.05, 3.63) is 40.7 Å². The molecular formula is C16H16ClN3O3. The number of nitrogens with one attached hydrogen (secondary N) is 1. The summed E-state index contributed by atoms with van der Waals surface area (Å²) in [6, 6.07) is 5.32. The predicted molar refractivity (Wildman–Crippen MR) is 84.0 cm³/mol. The fourth-order valence-electron chi connectivity index (χ4n) is 3.18. The zero-order chi connectivity index (χ0) is 15.8. The number of rotatable bonds is 2. The number of hydrogen-bond acceptors (Lipinski definition) is 4. The van der Waals surface area contributed by atoms with E-state index in [1.807, 2.05) is 11.0 Å². The molecule has 0 unspecified atom stereocenters. The van der Waals surface area contributed by atoms with Gasteiger partial charge in [-0.15, -0.1) is 0 Å². The van der Waals surface area contributed by atoms with Crippen molar-refractivity contribution in [2.45, 2.75) is 18.8 Å². The molecule has 0 bridgehead atoms. The molecule has 120 valence electrons. The number of amides is 1. The maximum atomic E-state index is 12.8. The van der Waals surface area contributed by atoms with Crippen LogP contribution in [-0.4, -0.2) is 40.9 Å². The minimum atomic E-state index is -0.0329. The van der Waals surface area contributed by atoms with E-state index in [2.05, 4.69) is 10.2 Å². The number of carbonyl (C=O) groups excluding carboxylic acids is 1. The molecular weight excluding hydrogens is 318 g/mol. The number of halogens is 1. The van der Waals surface area contributed by atoms with Crippen molar-refractivity contribution in [3.8, 4) is 11.5 Å². The van der Waals surface area contributed by atoms with Gasteiger partial charge in [-0.05, 0) is 31.0 Å². The summed E-state index contributed by atoms with van der Waals surface area (Å²) in [5, 5.41) is 7.41. The number of carbonyl (C=O) groups is 1. The Hall–Kier alpha value is -2.21. The van der Waals surface area contributed by atoms with Crippen molar-refractivity contribution >= 4 is 17.5 Å². The molecule has 1 amide bonds. The molecule has 2 aromatic rings. The summed E-state index contributed by atoms with van der Waals surface area (Å²) >= 11 is 6.18. The fraction of sp³-hybridized carbons (Fsp3) is 0.375. The number of ether oxygens (including phenoxy) is 2. The molecule has 23 heavy (non-hydrogen) atoms. The second-order valence-corrected chi connectivity index (χ2v) is 6.20. The van der Waals surface area contributed by atoms with E-state index in [1.165, 1.54) is 0 Å². The van der Waals surface area contributed by atoms with E-state index in [1.54, 1.807) is 18.3 Å². The Bertz CT molecular complexity index is 732. The average Bonchev–Trinajstić information content (AvgIpc) is 3.25. The van der Waals surface area contributed by atoms with Gasteiger partial charge in [-0.1, -0.05) is 11.6 Å². The SMILES string of the molecule is O=C(c1cc(Cl)c2c(c1)OCO2)N1CCC[C@@H](c2ccn[nH]2)C1. The van der Waals surface area contributed by atoms with Crippen LogP contribution in [0.25, 0.3) is 0 Å². The van der Waals surface area contributed by atoms with Crippen molar-refractivity contribution in [2.75, 3.05) is 19.9 Å². The van der Waals surface area contributed by atoms with Gasteiger partial charge in [-0.25, -0.2) is 0 Å². The Morgan fingerprint density at radius 1 is 1.39 bits per heavy atom. The third kappa shape index (κ3) is 2.63. The van der Waals surface area contributed by atoms with Gasteiger partial charge in [0, 0.05) is 36.5 Å². The van der Waals surface area contributed by atoms with Gasteiger partial charge in [0.1, 0.15) is 0 Å². The minimum absolute atomic E-state index is 0.0329. The van der Waals surface area contributed by atoms with Gasteiger partial charge < -0.3 is 14.4 Å². The highest BCUT2D eigenvalue weighted by Gasteiger charge is 2.28. The highest BCUT2D eigenvalue weighted by Crippen LogP contribution is 2.40. The van der Waals surface area contributed by atoms with Crippen molar-refractivity contribution in [1.29, 1.82) is 0 Å². The van der Waals surface area contributed by atoms with Crippen LogP contribution < -0.4 is 9.47 Å². The quantitative estimate of drug-likeness (QED) is 0.917. The maximum absolute atomic E-state index is 12.8. The number of nitrogens with zero attached hydrogens (tertiary/aromatic N) is 2. The Balaban J connectivity index is 1.56. The summed E-state index contributed by atoms with van der Waals surface area (Å²) < 4.78 is 10.6. The Kier molecular flexibility index (Phi) is 3.61. The number of aromatic amines is 1. The minimum Gasteiger partial charge on any atom is -0.454 e. The Morgan fingerprint density at radius 3 is 3.13 bits per heavy atom. The van der Waals surface area contributed by atoms with Gasteiger partial charge in [0.25, 0.3) is 5.91 Å². The van der Waals surface area contributed by atoms with Crippen LogP contribution in [0.2, 0.25) is 5.02 Å². The third-order valence-corrected chi connectivity index (χ3v) is 4.63. The summed E-state index contributed by atoms with van der Waals surface area (Å²) in [4.78, 5) is 14.7. The molecule has 3 heterocycles. The van der Waals surface area contributed by atoms with E-state index < -0.39 is 0 Å². The standard InChI is InChI=1S/C16H16ClN3O3/c17-12-6-11(7-14-15(12)23-9-22-14)16(21)20-5-1-2-10(8-20)13-3-4-18-19-13/h3-4,6-7,10H,1-2,5,8-9H2,(H,18,19)/t10-/m1/s1. The Morgan fingerprint density at radius 2 is 2.30 bits per heavy atom. The lowest BCUT2D eigenvalue weighted by atomic mass is 9.94. The average molecular weight is 334 g/mol. The number of likely N-dealkylation sites (tertiary alicyclic amines) is 1. The predicted octanol–water partition coefficient (Wildman–Crippen LogP) is 2.81. The molecule has 0 aliphatic carbocycles. The lowest BCUT2D eigenvalue weighted by Gasteiger charge is -2.32. The molecule has 0 spiro atoms. The lowest BCUT2D eigenvalue weighted by Crippen LogP contribution is -2.39. The van der Waals surface area contributed by atoms with E-state index in [-0.39, 0.29) is 12.7 Å². The molecule has 0 saturated carbocycles. The molecule has 1 aromatic carbocycles. The van der Waals surface area contributed by atoms with Crippen LogP contribution in [-0.2, 0) is 0 Å². The van der Waals surface area contributed by atoms with Crippen molar-refractivity contribution in [3.63, 3.8) is 0 Å². The van der Waals surface area contributed by atoms with Crippen LogP contribution in [0.5, 0.6) is 11.5 Å². The number of benzene rings is 1. The van der Waals surface area contributed by atoms with Gasteiger partial charge in [0.2, 0.25) is 6.79 Å². The highest BCUT2D eigenvalue weighted by atomic mass is 35.5. The van der Waals surface area contributed by atoms with Crippen LogP contribution in [0, 0.1) is 0 Å². The van der Waals surface area contributed by atoms with Crippen LogP contribution >= 0.6 is 11.6 Å². The molecule has 1 saturated heterocycles. The summed E-state index contributed by atoms with van der Waals surface area (Å²) in [5.41, 5.74) is 1.61. The monoisotopic (exact) mass is 333 g/mol. The zero-order valence-electron chi connectivity index (χ0n) is 12.4. The molecule has 2 aliphatic rings. The summed E-state index contributed by atoms with van der Waals surface area (Å²) in [5.74, 6) is 1.30. The number of H-pyrrole nitrogens is 1. The molecule has 4 rings (SSSR count). The molecule has 7 heteroatoms. The van der Waals surface area contributed by atoms with E-state index in [9.17, 15) is 4.79 Å². The zero-order valence-corrected chi connectivity index (χ0v) is 13.2. The largest absolute Gasteiger partial charge is 0.454 e. The molecule has 1 N–H and O–H groups in total. The van der Waals surface area contributed by atoms with Crippen molar-refractivity contribution < 1.29 is 14.3 Å². The first-order valence-corrected chi connectivity index (χ1v) is 7.98. The normalized spacial score (nSPS) is 19.9. The molecule has 1 aromatic heterocycles. The smallest absolute Gasteiger partial charge is 0.254 e.